The van der Waals surface area contributed by atoms with E-state index in [0.717, 1.165) is 6.33 Å². The molecule has 0 aliphatic rings. The lowest BCUT2D eigenvalue weighted by Crippen LogP contribution is -2.19. The van der Waals surface area contributed by atoms with Gasteiger partial charge in [0.1, 0.15) is 11.5 Å². The quantitative estimate of drug-likeness (QED) is 0.695. The minimum Gasteiger partial charge on any atom is -0.225 e. The zero-order chi connectivity index (χ0) is 9.19. The van der Waals surface area contributed by atoms with Crippen molar-refractivity contribution < 1.29 is 8.42 Å². The number of hydrogen-bond acceptors (Lipinski definition) is 4. The van der Waals surface area contributed by atoms with Crippen LogP contribution >= 0.6 is 11.6 Å². The van der Waals surface area contributed by atoms with Crippen LogP contribution in [0.15, 0.2) is 17.4 Å². The third-order valence-electron chi connectivity index (χ3n) is 1.15. The Balaban J connectivity index is 3.21. The number of nitrogens with zero attached hydrogens (tertiary/aromatic N) is 2. The van der Waals surface area contributed by atoms with E-state index in [9.17, 15) is 8.42 Å². The predicted octanol–water partition coefficient (Wildman–Crippen LogP) is 0.0381. The molecule has 0 atom stereocenters. The maximum Gasteiger partial charge on any atom is 0.257 e. The van der Waals surface area contributed by atoms with Crippen molar-refractivity contribution >= 4 is 21.6 Å². The van der Waals surface area contributed by atoms with Crippen molar-refractivity contribution in [2.45, 2.75) is 5.03 Å². The fourth-order valence-electron chi connectivity index (χ4n) is 0.569. The number of hydrogen-bond donors (Lipinski definition) is 1. The molecule has 1 aromatic rings. The lowest BCUT2D eigenvalue weighted by molar-refractivity contribution is 0.584. The Bertz CT molecular complexity index is 378. The van der Waals surface area contributed by atoms with Gasteiger partial charge in [-0.2, -0.15) is 0 Å². The molecule has 0 aliphatic carbocycles. The average molecular weight is 208 g/mol. The van der Waals surface area contributed by atoms with E-state index in [2.05, 4.69) is 14.7 Å². The first-order valence-corrected chi connectivity index (χ1v) is 4.83. The predicted molar refractivity (Wildman–Crippen MR) is 43.3 cm³/mol. The summed E-state index contributed by atoms with van der Waals surface area (Å²) < 4.78 is 24.3. The molecule has 0 aromatic carbocycles. The lowest BCUT2D eigenvalue weighted by atomic mass is 10.7. The molecular formula is C5H6ClN3O2S. The maximum absolute atomic E-state index is 11.1. The molecular weight excluding hydrogens is 202 g/mol. The van der Waals surface area contributed by atoms with Crippen LogP contribution in [0.5, 0.6) is 0 Å². The first-order chi connectivity index (χ1) is 5.56. The van der Waals surface area contributed by atoms with Gasteiger partial charge < -0.3 is 0 Å². The molecule has 0 bridgehead atoms. The van der Waals surface area contributed by atoms with Crippen molar-refractivity contribution in [2.24, 2.45) is 0 Å². The van der Waals surface area contributed by atoms with Crippen molar-refractivity contribution in [2.75, 3.05) is 7.05 Å². The van der Waals surface area contributed by atoms with Gasteiger partial charge in [-0.1, -0.05) is 11.6 Å². The van der Waals surface area contributed by atoms with E-state index in [1.807, 2.05) is 0 Å². The molecule has 0 aliphatic heterocycles. The minimum absolute atomic E-state index is 0.0961. The van der Waals surface area contributed by atoms with Gasteiger partial charge in [0.05, 0.1) is 0 Å². The summed E-state index contributed by atoms with van der Waals surface area (Å²) in [6, 6.07) is 1.17. The molecule has 7 heteroatoms. The lowest BCUT2D eigenvalue weighted by Gasteiger charge is -1.99. The number of rotatable bonds is 2. The van der Waals surface area contributed by atoms with Crippen LogP contribution in [0.2, 0.25) is 5.15 Å². The second-order valence-corrected chi connectivity index (χ2v) is 4.11. The molecule has 1 aromatic heterocycles. The Labute approximate surface area is 74.8 Å². The molecule has 0 saturated carbocycles. The van der Waals surface area contributed by atoms with Crippen molar-refractivity contribution in [1.29, 1.82) is 0 Å². The summed E-state index contributed by atoms with van der Waals surface area (Å²) in [5.74, 6) is 0. The summed E-state index contributed by atoms with van der Waals surface area (Å²) in [6.07, 6.45) is 1.09. The van der Waals surface area contributed by atoms with Crippen LogP contribution < -0.4 is 4.72 Å². The average Bonchev–Trinajstić information content (AvgIpc) is 2.05. The molecule has 0 spiro atoms. The summed E-state index contributed by atoms with van der Waals surface area (Å²) in [5.41, 5.74) is 0. The second-order valence-electron chi connectivity index (χ2n) is 1.89. The first-order valence-electron chi connectivity index (χ1n) is 2.97. The van der Waals surface area contributed by atoms with Gasteiger partial charge in [0, 0.05) is 6.07 Å². The molecule has 1 rings (SSSR count). The smallest absolute Gasteiger partial charge is 0.225 e. The van der Waals surface area contributed by atoms with Crippen LogP contribution in [0.3, 0.4) is 0 Å². The van der Waals surface area contributed by atoms with Crippen LogP contribution in [0.4, 0.5) is 0 Å². The van der Waals surface area contributed by atoms with Crippen molar-refractivity contribution in [3.8, 4) is 0 Å². The summed E-state index contributed by atoms with van der Waals surface area (Å²) in [6.45, 7) is 0. The van der Waals surface area contributed by atoms with E-state index in [0.29, 0.717) is 0 Å². The van der Waals surface area contributed by atoms with Gasteiger partial charge in [-0.05, 0) is 7.05 Å². The van der Waals surface area contributed by atoms with E-state index < -0.39 is 10.0 Å². The SMILES string of the molecule is CNS(=O)(=O)c1cc(Cl)ncn1. The molecule has 5 nitrogen and oxygen atoms in total. The third kappa shape index (κ3) is 1.90. The number of sulfonamides is 1. The Kier molecular flexibility index (Phi) is 2.61. The molecule has 66 valence electrons. The molecule has 1 N–H and O–H groups in total. The van der Waals surface area contributed by atoms with Gasteiger partial charge in [-0.25, -0.2) is 23.1 Å². The zero-order valence-corrected chi connectivity index (χ0v) is 7.72. The molecule has 0 unspecified atom stereocenters. The summed E-state index contributed by atoms with van der Waals surface area (Å²) >= 11 is 5.46. The highest BCUT2D eigenvalue weighted by atomic mass is 35.5. The van der Waals surface area contributed by atoms with E-state index in [-0.39, 0.29) is 10.2 Å². The Morgan fingerprint density at radius 2 is 2.17 bits per heavy atom. The number of aromatic nitrogens is 2. The molecule has 0 fully saturated rings. The largest absolute Gasteiger partial charge is 0.257 e. The van der Waals surface area contributed by atoms with E-state index >= 15 is 0 Å². The van der Waals surface area contributed by atoms with E-state index in [1.54, 1.807) is 0 Å². The molecule has 0 saturated heterocycles. The molecule has 1 heterocycles. The Morgan fingerprint density at radius 3 is 2.67 bits per heavy atom. The fraction of sp³-hybridized carbons (Fsp3) is 0.200. The standard InChI is InChI=1S/C5H6ClN3O2S/c1-7-12(10,11)5-2-4(6)8-3-9-5/h2-3,7H,1H3. The van der Waals surface area contributed by atoms with Gasteiger partial charge >= 0.3 is 0 Å². The van der Waals surface area contributed by atoms with Crippen molar-refractivity contribution in [3.05, 3.63) is 17.5 Å². The fourth-order valence-corrected chi connectivity index (χ4v) is 1.44. The van der Waals surface area contributed by atoms with Gasteiger partial charge in [0.25, 0.3) is 10.0 Å². The summed E-state index contributed by atoms with van der Waals surface area (Å²) in [5, 5.41) is -0.0381. The van der Waals surface area contributed by atoms with E-state index in [4.69, 9.17) is 11.6 Å². The van der Waals surface area contributed by atoms with Gasteiger partial charge in [0.15, 0.2) is 5.03 Å². The molecule has 12 heavy (non-hydrogen) atoms. The van der Waals surface area contributed by atoms with Crippen LogP contribution in [0.25, 0.3) is 0 Å². The summed E-state index contributed by atoms with van der Waals surface area (Å²) in [7, 11) is -2.21. The summed E-state index contributed by atoms with van der Waals surface area (Å²) in [4.78, 5) is 7.09. The Morgan fingerprint density at radius 1 is 1.50 bits per heavy atom. The zero-order valence-electron chi connectivity index (χ0n) is 6.15. The van der Waals surface area contributed by atoms with Crippen LogP contribution in [-0.4, -0.2) is 25.4 Å². The Hall–Kier alpha value is -0.720. The third-order valence-corrected chi connectivity index (χ3v) is 2.67. The first kappa shape index (κ1) is 9.37. The van der Waals surface area contributed by atoms with E-state index in [1.165, 1.54) is 13.1 Å². The van der Waals surface area contributed by atoms with Crippen LogP contribution in [0, 0.1) is 0 Å². The highest BCUT2D eigenvalue weighted by Crippen LogP contribution is 2.08. The molecule has 0 amide bonds. The minimum atomic E-state index is -3.51. The number of nitrogens with one attached hydrogen (secondary N) is 1. The monoisotopic (exact) mass is 207 g/mol. The molecule has 0 radical (unpaired) electrons. The van der Waals surface area contributed by atoms with Gasteiger partial charge in [0.2, 0.25) is 0 Å². The maximum atomic E-state index is 11.1. The number of halogens is 1. The van der Waals surface area contributed by atoms with Crippen LogP contribution in [-0.2, 0) is 10.0 Å². The van der Waals surface area contributed by atoms with Crippen molar-refractivity contribution in [1.82, 2.24) is 14.7 Å². The van der Waals surface area contributed by atoms with Crippen LogP contribution in [0.1, 0.15) is 0 Å². The highest BCUT2D eigenvalue weighted by Gasteiger charge is 2.12. The normalized spacial score (nSPS) is 11.5. The van der Waals surface area contributed by atoms with Crippen molar-refractivity contribution in [3.63, 3.8) is 0 Å². The van der Waals surface area contributed by atoms with Gasteiger partial charge in [-0.3, -0.25) is 0 Å². The second kappa shape index (κ2) is 3.34. The van der Waals surface area contributed by atoms with Gasteiger partial charge in [-0.15, -0.1) is 0 Å². The highest BCUT2D eigenvalue weighted by molar-refractivity contribution is 7.89. The topological polar surface area (TPSA) is 72.0 Å².